The van der Waals surface area contributed by atoms with Gasteiger partial charge in [0.25, 0.3) is 5.91 Å². The Labute approximate surface area is 175 Å². The third-order valence-electron chi connectivity index (χ3n) is 3.62. The van der Waals surface area contributed by atoms with Crippen LogP contribution in [0.4, 0.5) is 5.69 Å². The Bertz CT molecular complexity index is 1020. The summed E-state index contributed by atoms with van der Waals surface area (Å²) in [7, 11) is 0. The summed E-state index contributed by atoms with van der Waals surface area (Å²) < 4.78 is 5.56. The Morgan fingerprint density at radius 2 is 2.07 bits per heavy atom. The highest BCUT2D eigenvalue weighted by Crippen LogP contribution is 2.32. The number of carboxylic acids is 1. The summed E-state index contributed by atoms with van der Waals surface area (Å²) in [4.78, 5) is 28.2. The van der Waals surface area contributed by atoms with Crippen molar-refractivity contribution >= 4 is 63.8 Å². The van der Waals surface area contributed by atoms with Gasteiger partial charge in [-0.3, -0.25) is 4.79 Å². The molecule has 1 saturated heterocycles. The van der Waals surface area contributed by atoms with Crippen LogP contribution in [0.2, 0.25) is 10.0 Å². The highest BCUT2D eigenvalue weighted by Gasteiger charge is 2.24. The van der Waals surface area contributed by atoms with Crippen LogP contribution in [-0.2, 0) is 4.79 Å². The minimum Gasteiger partial charge on any atom is -0.493 e. The van der Waals surface area contributed by atoms with Gasteiger partial charge < -0.3 is 15.2 Å². The second-order valence-corrected chi connectivity index (χ2v) is 7.44. The van der Waals surface area contributed by atoms with Gasteiger partial charge in [0.05, 0.1) is 27.8 Å². The van der Waals surface area contributed by atoms with E-state index in [0.29, 0.717) is 38.7 Å². The first-order valence-electron chi connectivity index (χ1n) is 8.12. The van der Waals surface area contributed by atoms with Crippen LogP contribution in [0.15, 0.2) is 46.3 Å². The second kappa shape index (κ2) is 8.68. The van der Waals surface area contributed by atoms with Crippen molar-refractivity contribution in [3.05, 3.63) is 62.5 Å². The molecule has 1 fully saturated rings. The lowest BCUT2D eigenvalue weighted by Crippen LogP contribution is -2.19. The molecule has 2 aromatic carbocycles. The molecule has 0 aromatic heterocycles. The first kappa shape index (κ1) is 20.3. The Morgan fingerprint density at radius 1 is 1.29 bits per heavy atom. The lowest BCUT2D eigenvalue weighted by atomic mass is 10.2. The number of thioether (sulfide) groups is 1. The Kier molecular flexibility index (Phi) is 6.28. The Balaban J connectivity index is 1.89. The fourth-order valence-electron chi connectivity index (χ4n) is 2.40. The van der Waals surface area contributed by atoms with Crippen LogP contribution in [0.1, 0.15) is 22.8 Å². The molecule has 2 N–H and O–H groups in total. The van der Waals surface area contributed by atoms with Crippen molar-refractivity contribution < 1.29 is 19.4 Å². The number of ether oxygens (including phenoxy) is 1. The topological polar surface area (TPSA) is 88.0 Å². The van der Waals surface area contributed by atoms with E-state index in [-0.39, 0.29) is 16.5 Å². The maximum Gasteiger partial charge on any atom is 0.337 e. The average molecular weight is 437 g/mol. The van der Waals surface area contributed by atoms with E-state index in [0.717, 1.165) is 11.8 Å². The number of aromatic carboxylic acids is 1. The molecular weight excluding hydrogens is 423 g/mol. The van der Waals surface area contributed by atoms with Gasteiger partial charge in [0.1, 0.15) is 5.75 Å². The van der Waals surface area contributed by atoms with E-state index in [4.69, 9.17) is 33.0 Å². The standard InChI is InChI=1S/C19H14Cl2N2O4S/c1-2-27-15-6-3-11(20)7-10(15)8-16-17(24)23-19(28-16)22-12-4-5-14(21)13(9-12)18(25)26/h3-9H,2H2,1H3,(H,25,26)(H,22,23,24)/b16-8-. The van der Waals surface area contributed by atoms with E-state index in [1.54, 1.807) is 30.3 Å². The number of nitrogens with zero attached hydrogens (tertiary/aromatic N) is 1. The molecule has 1 heterocycles. The molecular formula is C19H14Cl2N2O4S. The van der Waals surface area contributed by atoms with Gasteiger partial charge in [-0.1, -0.05) is 23.2 Å². The first-order chi connectivity index (χ1) is 13.4. The van der Waals surface area contributed by atoms with Crippen molar-refractivity contribution in [1.82, 2.24) is 5.32 Å². The molecule has 1 amide bonds. The quantitative estimate of drug-likeness (QED) is 0.644. The monoisotopic (exact) mass is 436 g/mol. The molecule has 2 aromatic rings. The van der Waals surface area contributed by atoms with Crippen LogP contribution >= 0.6 is 35.0 Å². The molecule has 3 rings (SSSR count). The molecule has 0 bridgehead atoms. The van der Waals surface area contributed by atoms with Gasteiger partial charge in [0, 0.05) is 10.6 Å². The summed E-state index contributed by atoms with van der Waals surface area (Å²) in [6, 6.07) is 9.52. The van der Waals surface area contributed by atoms with Crippen molar-refractivity contribution in [2.75, 3.05) is 6.61 Å². The smallest absolute Gasteiger partial charge is 0.337 e. The van der Waals surface area contributed by atoms with Crippen LogP contribution in [0.3, 0.4) is 0 Å². The third kappa shape index (κ3) is 4.67. The molecule has 0 aliphatic carbocycles. The molecule has 0 unspecified atom stereocenters. The molecule has 28 heavy (non-hydrogen) atoms. The SMILES string of the molecule is CCOc1ccc(Cl)cc1/C=C1\SC(=Nc2ccc(Cl)c(C(=O)O)c2)NC1=O. The third-order valence-corrected chi connectivity index (χ3v) is 5.09. The highest BCUT2D eigenvalue weighted by atomic mass is 35.5. The first-order valence-corrected chi connectivity index (χ1v) is 9.69. The average Bonchev–Trinajstić information content (AvgIpc) is 2.98. The predicted octanol–water partition coefficient (Wildman–Crippen LogP) is 4.98. The molecule has 6 nitrogen and oxygen atoms in total. The molecule has 0 atom stereocenters. The molecule has 0 radical (unpaired) electrons. The lowest BCUT2D eigenvalue weighted by molar-refractivity contribution is -0.115. The van der Waals surface area contributed by atoms with Gasteiger partial charge in [-0.25, -0.2) is 9.79 Å². The van der Waals surface area contributed by atoms with E-state index >= 15 is 0 Å². The van der Waals surface area contributed by atoms with Crippen molar-refractivity contribution in [3.63, 3.8) is 0 Å². The fourth-order valence-corrected chi connectivity index (χ4v) is 3.62. The predicted molar refractivity (Wildman–Crippen MR) is 112 cm³/mol. The van der Waals surface area contributed by atoms with Crippen molar-refractivity contribution in [2.24, 2.45) is 4.99 Å². The number of hydrogen-bond acceptors (Lipinski definition) is 5. The van der Waals surface area contributed by atoms with Gasteiger partial charge in [0.2, 0.25) is 0 Å². The number of carboxylic acid groups (broad SMARTS) is 1. The maximum atomic E-state index is 12.3. The lowest BCUT2D eigenvalue weighted by Gasteiger charge is -2.07. The molecule has 1 aliphatic heterocycles. The molecule has 1 aliphatic rings. The number of amides is 1. The van der Waals surface area contributed by atoms with Crippen LogP contribution in [0.25, 0.3) is 6.08 Å². The van der Waals surface area contributed by atoms with E-state index < -0.39 is 5.97 Å². The van der Waals surface area contributed by atoms with Gasteiger partial charge >= 0.3 is 5.97 Å². The molecule has 144 valence electrons. The number of benzene rings is 2. The second-order valence-electron chi connectivity index (χ2n) is 5.57. The van der Waals surface area contributed by atoms with E-state index in [9.17, 15) is 9.59 Å². The number of nitrogens with one attached hydrogen (secondary N) is 1. The number of halogens is 2. The van der Waals surface area contributed by atoms with Crippen LogP contribution in [-0.4, -0.2) is 28.8 Å². The van der Waals surface area contributed by atoms with Gasteiger partial charge in [-0.05, 0) is 61.2 Å². The number of carbonyl (C=O) groups excluding carboxylic acids is 1. The van der Waals surface area contributed by atoms with Gasteiger partial charge in [0.15, 0.2) is 5.17 Å². The minimum absolute atomic E-state index is 0.0612. The number of amidine groups is 1. The summed E-state index contributed by atoms with van der Waals surface area (Å²) in [6.45, 7) is 2.34. The van der Waals surface area contributed by atoms with Crippen LogP contribution in [0, 0.1) is 0 Å². The van der Waals surface area contributed by atoms with Crippen molar-refractivity contribution in [1.29, 1.82) is 0 Å². The summed E-state index contributed by atoms with van der Waals surface area (Å²) in [6.07, 6.45) is 1.67. The largest absolute Gasteiger partial charge is 0.493 e. The van der Waals surface area contributed by atoms with Crippen molar-refractivity contribution in [2.45, 2.75) is 6.92 Å². The maximum absolute atomic E-state index is 12.3. The zero-order valence-electron chi connectivity index (χ0n) is 14.5. The van der Waals surface area contributed by atoms with E-state index in [1.807, 2.05) is 6.92 Å². The summed E-state index contributed by atoms with van der Waals surface area (Å²) in [5.74, 6) is -0.860. The van der Waals surface area contributed by atoms with E-state index in [2.05, 4.69) is 10.3 Å². The highest BCUT2D eigenvalue weighted by molar-refractivity contribution is 8.18. The fraction of sp³-hybridized carbons (Fsp3) is 0.105. The number of aliphatic imine (C=N–C) groups is 1. The summed E-state index contributed by atoms with van der Waals surface area (Å²) in [5.41, 5.74) is 0.977. The number of rotatable bonds is 5. The molecule has 0 spiro atoms. The normalized spacial score (nSPS) is 16.5. The zero-order chi connectivity index (χ0) is 20.3. The Hall–Kier alpha value is -2.48. The number of carbonyl (C=O) groups is 2. The van der Waals surface area contributed by atoms with Gasteiger partial charge in [-0.2, -0.15) is 0 Å². The van der Waals surface area contributed by atoms with Crippen LogP contribution < -0.4 is 10.1 Å². The summed E-state index contributed by atoms with van der Waals surface area (Å²) in [5, 5.41) is 12.8. The van der Waals surface area contributed by atoms with Crippen molar-refractivity contribution in [3.8, 4) is 5.75 Å². The Morgan fingerprint density at radius 3 is 2.79 bits per heavy atom. The molecule has 0 saturated carbocycles. The van der Waals surface area contributed by atoms with E-state index in [1.165, 1.54) is 12.1 Å². The number of hydrogen-bond donors (Lipinski definition) is 2. The van der Waals surface area contributed by atoms with Crippen LogP contribution in [0.5, 0.6) is 5.75 Å². The van der Waals surface area contributed by atoms with Gasteiger partial charge in [-0.15, -0.1) is 0 Å². The molecule has 9 heteroatoms. The summed E-state index contributed by atoms with van der Waals surface area (Å²) >= 11 is 13.0. The zero-order valence-corrected chi connectivity index (χ0v) is 16.9. The minimum atomic E-state index is -1.15.